The van der Waals surface area contributed by atoms with Gasteiger partial charge in [-0.2, -0.15) is 0 Å². The number of benzene rings is 1. The number of carbonyl (C=O) groups excluding carboxylic acids is 2. The largest absolute Gasteiger partial charge is 0.548 e. The number of hydrogen-bond donors (Lipinski definition) is 2. The van der Waals surface area contributed by atoms with E-state index in [0.717, 1.165) is 5.56 Å². The normalized spacial score (nSPS) is 13.7. The molecule has 0 heterocycles. The van der Waals surface area contributed by atoms with Crippen LogP contribution < -0.4 is 16.2 Å². The zero-order valence-corrected chi connectivity index (χ0v) is 10.4. The second kappa shape index (κ2) is 6.76. The van der Waals surface area contributed by atoms with Crippen molar-refractivity contribution in [2.75, 3.05) is 0 Å². The van der Waals surface area contributed by atoms with Crippen molar-refractivity contribution in [2.45, 2.75) is 31.8 Å². The maximum Gasteiger partial charge on any atom is 0.278 e. The summed E-state index contributed by atoms with van der Waals surface area (Å²) in [6.07, 6.45) is 0.780. The lowest BCUT2D eigenvalue weighted by atomic mass is 10.1. The van der Waals surface area contributed by atoms with Gasteiger partial charge in [-0.05, 0) is 12.0 Å². The van der Waals surface area contributed by atoms with Crippen LogP contribution in [0.3, 0.4) is 0 Å². The highest BCUT2D eigenvalue weighted by atomic mass is 16.4. The highest BCUT2D eigenvalue weighted by Gasteiger charge is 2.20. The van der Waals surface area contributed by atoms with Crippen LogP contribution >= 0.6 is 0 Å². The fourth-order valence-electron chi connectivity index (χ4n) is 1.52. The van der Waals surface area contributed by atoms with E-state index in [1.165, 1.54) is 0 Å². The van der Waals surface area contributed by atoms with Crippen molar-refractivity contribution in [3.8, 4) is 0 Å². The Bertz CT molecular complexity index is 406. The van der Waals surface area contributed by atoms with Crippen LogP contribution in [0.15, 0.2) is 30.3 Å². The summed E-state index contributed by atoms with van der Waals surface area (Å²) in [5.41, 5.74) is 4.49. The van der Waals surface area contributed by atoms with E-state index in [2.05, 4.69) is 11.1 Å². The zero-order chi connectivity index (χ0) is 13.5. The molecular weight excluding hydrogens is 232 g/mol. The van der Waals surface area contributed by atoms with Crippen LogP contribution in [0.4, 0.5) is 0 Å². The zero-order valence-electron chi connectivity index (χ0n) is 10.4. The predicted octanol–water partition coefficient (Wildman–Crippen LogP) is -1.52. The average Bonchev–Trinajstić information content (AvgIpc) is 2.37. The molecule has 1 amide bonds. The Morgan fingerprint density at radius 3 is 2.44 bits per heavy atom. The van der Waals surface area contributed by atoms with Gasteiger partial charge in [-0.3, -0.25) is 4.79 Å². The van der Waals surface area contributed by atoms with E-state index in [1.54, 1.807) is 0 Å². The van der Waals surface area contributed by atoms with Gasteiger partial charge in [0.05, 0.1) is 12.0 Å². The molecule has 0 saturated heterocycles. The third-order valence-electron chi connectivity index (χ3n) is 2.75. The second-order valence-electron chi connectivity index (χ2n) is 4.18. The molecule has 0 bridgehead atoms. The first-order chi connectivity index (χ1) is 8.54. The number of carbonyl (C=O) groups is 2. The Kier molecular flexibility index (Phi) is 5.32. The van der Waals surface area contributed by atoms with Crippen molar-refractivity contribution in [3.63, 3.8) is 0 Å². The third-order valence-corrected chi connectivity index (χ3v) is 2.75. The van der Waals surface area contributed by atoms with Crippen LogP contribution in [0, 0.1) is 0 Å². The van der Waals surface area contributed by atoms with Gasteiger partial charge in [-0.1, -0.05) is 37.3 Å². The van der Waals surface area contributed by atoms with Gasteiger partial charge in [0.15, 0.2) is 6.04 Å². The SMILES string of the molecule is CC[C@H]([NH3+])C(=O)N[C@@H](Cc1ccccc1)C(=O)[O-]. The molecule has 5 heteroatoms. The number of hydrogen-bond acceptors (Lipinski definition) is 3. The van der Waals surface area contributed by atoms with Crippen LogP contribution in [-0.2, 0) is 16.0 Å². The monoisotopic (exact) mass is 250 g/mol. The lowest BCUT2D eigenvalue weighted by Crippen LogP contribution is -2.68. The molecule has 0 unspecified atom stereocenters. The second-order valence-corrected chi connectivity index (χ2v) is 4.18. The first-order valence-corrected chi connectivity index (χ1v) is 5.92. The number of aliphatic carboxylic acids is 1. The maximum absolute atomic E-state index is 11.6. The Morgan fingerprint density at radius 2 is 1.94 bits per heavy atom. The minimum absolute atomic E-state index is 0.214. The van der Waals surface area contributed by atoms with Crippen LogP contribution in [-0.4, -0.2) is 24.0 Å². The Labute approximate surface area is 106 Å². The van der Waals surface area contributed by atoms with E-state index in [4.69, 9.17) is 0 Å². The van der Waals surface area contributed by atoms with E-state index in [-0.39, 0.29) is 12.3 Å². The van der Waals surface area contributed by atoms with Gasteiger partial charge in [-0.25, -0.2) is 0 Å². The molecule has 18 heavy (non-hydrogen) atoms. The van der Waals surface area contributed by atoms with E-state index in [9.17, 15) is 14.7 Å². The molecule has 1 aromatic rings. The predicted molar refractivity (Wildman–Crippen MR) is 64.1 cm³/mol. The van der Waals surface area contributed by atoms with Gasteiger partial charge in [0, 0.05) is 6.42 Å². The molecule has 2 atom stereocenters. The van der Waals surface area contributed by atoms with Crippen molar-refractivity contribution in [2.24, 2.45) is 0 Å². The first-order valence-electron chi connectivity index (χ1n) is 5.92. The molecular formula is C13H18N2O3. The van der Waals surface area contributed by atoms with Crippen LogP contribution in [0.25, 0.3) is 0 Å². The number of carboxylic acids is 1. The molecule has 0 aromatic heterocycles. The Hall–Kier alpha value is -1.88. The summed E-state index contributed by atoms with van der Waals surface area (Å²) in [5, 5.41) is 13.5. The lowest BCUT2D eigenvalue weighted by Gasteiger charge is -2.20. The van der Waals surface area contributed by atoms with Crippen molar-refractivity contribution < 1.29 is 20.4 Å². The first kappa shape index (κ1) is 14.2. The van der Waals surface area contributed by atoms with Crippen molar-refractivity contribution in [1.29, 1.82) is 0 Å². The summed E-state index contributed by atoms with van der Waals surface area (Å²) < 4.78 is 0. The summed E-state index contributed by atoms with van der Waals surface area (Å²) in [6.45, 7) is 1.82. The number of amides is 1. The van der Waals surface area contributed by atoms with Crippen molar-refractivity contribution >= 4 is 11.9 Å². The molecule has 0 spiro atoms. The molecule has 0 aliphatic carbocycles. The molecule has 1 rings (SSSR count). The molecule has 4 N–H and O–H groups in total. The fraction of sp³-hybridized carbons (Fsp3) is 0.385. The van der Waals surface area contributed by atoms with Crippen molar-refractivity contribution in [1.82, 2.24) is 5.32 Å². The van der Waals surface area contributed by atoms with Crippen LogP contribution in [0.1, 0.15) is 18.9 Å². The molecule has 0 fully saturated rings. The quantitative estimate of drug-likeness (QED) is 0.642. The van der Waals surface area contributed by atoms with Crippen LogP contribution in [0.2, 0.25) is 0 Å². The molecule has 1 aromatic carbocycles. The number of carboxylic acid groups (broad SMARTS) is 1. The fourth-order valence-corrected chi connectivity index (χ4v) is 1.52. The highest BCUT2D eigenvalue weighted by Crippen LogP contribution is 2.03. The third kappa shape index (κ3) is 4.18. The Balaban J connectivity index is 2.67. The molecule has 0 aliphatic rings. The topological polar surface area (TPSA) is 96.9 Å². The van der Waals surface area contributed by atoms with Gasteiger partial charge in [0.25, 0.3) is 5.91 Å². The standard InChI is InChI=1S/C13H18N2O3/c1-2-10(14)12(16)15-11(13(17)18)8-9-6-4-3-5-7-9/h3-7,10-11H,2,8,14H2,1H3,(H,15,16)(H,17,18)/t10-,11-/m0/s1. The van der Waals surface area contributed by atoms with Gasteiger partial charge in [0.1, 0.15) is 0 Å². The van der Waals surface area contributed by atoms with Gasteiger partial charge >= 0.3 is 0 Å². The van der Waals surface area contributed by atoms with E-state index >= 15 is 0 Å². The van der Waals surface area contributed by atoms with E-state index in [0.29, 0.717) is 6.42 Å². The smallest absolute Gasteiger partial charge is 0.278 e. The average molecular weight is 250 g/mol. The summed E-state index contributed by atoms with van der Waals surface area (Å²) in [4.78, 5) is 22.6. The summed E-state index contributed by atoms with van der Waals surface area (Å²) >= 11 is 0. The Morgan fingerprint density at radius 1 is 1.33 bits per heavy atom. The minimum Gasteiger partial charge on any atom is -0.548 e. The van der Waals surface area contributed by atoms with Crippen molar-refractivity contribution in [3.05, 3.63) is 35.9 Å². The minimum atomic E-state index is -1.28. The molecule has 98 valence electrons. The van der Waals surface area contributed by atoms with E-state index in [1.807, 2.05) is 37.3 Å². The number of rotatable bonds is 6. The van der Waals surface area contributed by atoms with E-state index < -0.39 is 18.1 Å². The van der Waals surface area contributed by atoms with Crippen LogP contribution in [0.5, 0.6) is 0 Å². The molecule has 0 radical (unpaired) electrons. The molecule has 5 nitrogen and oxygen atoms in total. The van der Waals surface area contributed by atoms with Gasteiger partial charge < -0.3 is 21.0 Å². The number of quaternary nitrogens is 1. The van der Waals surface area contributed by atoms with Gasteiger partial charge in [-0.15, -0.1) is 0 Å². The maximum atomic E-state index is 11.6. The highest BCUT2D eigenvalue weighted by molar-refractivity contribution is 5.85. The number of nitrogens with one attached hydrogen (secondary N) is 1. The lowest BCUT2D eigenvalue weighted by molar-refractivity contribution is -0.404. The molecule has 0 aliphatic heterocycles. The summed E-state index contributed by atoms with van der Waals surface area (Å²) in [6, 6.07) is 7.64. The molecule has 0 saturated carbocycles. The summed E-state index contributed by atoms with van der Waals surface area (Å²) in [7, 11) is 0. The van der Waals surface area contributed by atoms with Gasteiger partial charge in [0.2, 0.25) is 0 Å². The summed E-state index contributed by atoms with van der Waals surface area (Å²) in [5.74, 6) is -1.64.